The third-order valence-electron chi connectivity index (χ3n) is 3.65. The fourth-order valence-electron chi connectivity index (χ4n) is 2.49. The van der Waals surface area contributed by atoms with Gasteiger partial charge >= 0.3 is 6.36 Å². The Kier molecular flexibility index (Phi) is 5.28. The van der Waals surface area contributed by atoms with Gasteiger partial charge < -0.3 is 10.1 Å². The summed E-state index contributed by atoms with van der Waals surface area (Å²) >= 11 is 0. The van der Waals surface area contributed by atoms with E-state index in [9.17, 15) is 13.2 Å². The zero-order chi connectivity index (χ0) is 15.3. The molecule has 116 valence electrons. The molecule has 0 heterocycles. The quantitative estimate of drug-likeness (QED) is 0.766. The van der Waals surface area contributed by atoms with Crippen molar-refractivity contribution < 1.29 is 17.9 Å². The molecule has 0 fully saturated rings. The van der Waals surface area contributed by atoms with Gasteiger partial charge in [-0.25, -0.2) is 0 Å². The molecule has 1 N–H and O–H groups in total. The van der Waals surface area contributed by atoms with Crippen LogP contribution in [0.25, 0.3) is 0 Å². The first-order valence-electron chi connectivity index (χ1n) is 7.21. The molecule has 5 heteroatoms. The second kappa shape index (κ2) is 6.98. The molecule has 0 spiro atoms. The Morgan fingerprint density at radius 2 is 1.95 bits per heavy atom. The number of benzene rings is 1. The number of hydrogen-bond acceptors (Lipinski definition) is 2. The number of hydrogen-bond donors (Lipinski definition) is 1. The molecule has 2 nitrogen and oxygen atoms in total. The molecular formula is C16H20F3NO. The van der Waals surface area contributed by atoms with E-state index in [2.05, 4.69) is 16.1 Å². The fraction of sp³-hybridized carbons (Fsp3) is 0.500. The van der Waals surface area contributed by atoms with Gasteiger partial charge in [-0.1, -0.05) is 23.8 Å². The van der Waals surface area contributed by atoms with E-state index in [1.165, 1.54) is 37.0 Å². The average Bonchev–Trinajstić information content (AvgIpc) is 2.91. The summed E-state index contributed by atoms with van der Waals surface area (Å²) in [6, 6.07) is 6.12. The SMILES string of the molecule is CC(NCCC1=CCCC1)c1ccc(OC(F)(F)F)cc1. The molecular weight excluding hydrogens is 279 g/mol. The molecule has 1 aromatic rings. The summed E-state index contributed by atoms with van der Waals surface area (Å²) in [7, 11) is 0. The molecule has 1 aliphatic rings. The Hall–Kier alpha value is -1.49. The Balaban J connectivity index is 1.80. The molecule has 0 saturated heterocycles. The first-order chi connectivity index (χ1) is 9.94. The fourth-order valence-corrected chi connectivity index (χ4v) is 2.49. The highest BCUT2D eigenvalue weighted by molar-refractivity contribution is 5.29. The number of alkyl halides is 3. The lowest BCUT2D eigenvalue weighted by molar-refractivity contribution is -0.274. The summed E-state index contributed by atoms with van der Waals surface area (Å²) in [6.07, 6.45) is 2.34. The normalized spacial score (nSPS) is 16.7. The summed E-state index contributed by atoms with van der Waals surface area (Å²) in [5, 5.41) is 3.39. The monoisotopic (exact) mass is 299 g/mol. The minimum Gasteiger partial charge on any atom is -0.406 e. The lowest BCUT2D eigenvalue weighted by Crippen LogP contribution is -2.20. The third kappa shape index (κ3) is 5.42. The van der Waals surface area contributed by atoms with Crippen LogP contribution in [0, 0.1) is 0 Å². The van der Waals surface area contributed by atoms with Crippen LogP contribution in [-0.2, 0) is 0 Å². The van der Waals surface area contributed by atoms with Gasteiger partial charge in [0.05, 0.1) is 0 Å². The zero-order valence-corrected chi connectivity index (χ0v) is 12.0. The van der Waals surface area contributed by atoms with Crippen molar-refractivity contribution in [1.29, 1.82) is 0 Å². The lowest BCUT2D eigenvalue weighted by Gasteiger charge is -2.15. The van der Waals surface area contributed by atoms with E-state index >= 15 is 0 Å². The van der Waals surface area contributed by atoms with E-state index in [1.54, 1.807) is 12.1 Å². The van der Waals surface area contributed by atoms with Crippen molar-refractivity contribution in [2.45, 2.75) is 45.0 Å². The van der Waals surface area contributed by atoms with Crippen LogP contribution in [0.3, 0.4) is 0 Å². The molecule has 0 aliphatic heterocycles. The standard InChI is InChI=1S/C16H20F3NO/c1-12(20-11-10-13-4-2-3-5-13)14-6-8-15(9-7-14)21-16(17,18)19/h4,6-9,12,20H,2-3,5,10-11H2,1H3. The van der Waals surface area contributed by atoms with Crippen molar-refractivity contribution in [2.75, 3.05) is 6.54 Å². The summed E-state index contributed by atoms with van der Waals surface area (Å²) in [4.78, 5) is 0. The van der Waals surface area contributed by atoms with Gasteiger partial charge in [-0.3, -0.25) is 0 Å². The third-order valence-corrected chi connectivity index (χ3v) is 3.65. The number of halogens is 3. The summed E-state index contributed by atoms with van der Waals surface area (Å²) < 4.78 is 40.1. The van der Waals surface area contributed by atoms with Gasteiger partial charge in [0.2, 0.25) is 0 Å². The molecule has 0 amide bonds. The average molecular weight is 299 g/mol. The van der Waals surface area contributed by atoms with E-state index < -0.39 is 6.36 Å². The predicted octanol–water partition coefficient (Wildman–Crippen LogP) is 4.74. The van der Waals surface area contributed by atoms with Crippen molar-refractivity contribution in [2.24, 2.45) is 0 Å². The Morgan fingerprint density at radius 1 is 1.24 bits per heavy atom. The van der Waals surface area contributed by atoms with E-state index in [1.807, 2.05) is 6.92 Å². The number of rotatable bonds is 6. The molecule has 1 atom stereocenters. The van der Waals surface area contributed by atoms with Gasteiger partial charge in [0.15, 0.2) is 0 Å². The van der Waals surface area contributed by atoms with E-state index in [-0.39, 0.29) is 11.8 Å². The molecule has 21 heavy (non-hydrogen) atoms. The van der Waals surface area contributed by atoms with Gasteiger partial charge in [0.25, 0.3) is 0 Å². The smallest absolute Gasteiger partial charge is 0.406 e. The van der Waals surface area contributed by atoms with E-state index in [0.29, 0.717) is 0 Å². The Bertz CT molecular complexity index is 479. The van der Waals surface area contributed by atoms with Crippen LogP contribution in [0.15, 0.2) is 35.9 Å². The van der Waals surface area contributed by atoms with Crippen LogP contribution in [-0.4, -0.2) is 12.9 Å². The van der Waals surface area contributed by atoms with Crippen molar-refractivity contribution in [1.82, 2.24) is 5.32 Å². The van der Waals surface area contributed by atoms with Crippen LogP contribution < -0.4 is 10.1 Å². The van der Waals surface area contributed by atoms with Crippen LogP contribution in [0.5, 0.6) is 5.75 Å². The Labute approximate surface area is 123 Å². The summed E-state index contributed by atoms with van der Waals surface area (Å²) in [5.74, 6) is -0.186. The van der Waals surface area contributed by atoms with Gasteiger partial charge in [0.1, 0.15) is 5.75 Å². The molecule has 0 radical (unpaired) electrons. The van der Waals surface area contributed by atoms with Crippen LogP contribution in [0.2, 0.25) is 0 Å². The highest BCUT2D eigenvalue weighted by Crippen LogP contribution is 2.24. The van der Waals surface area contributed by atoms with Crippen molar-refractivity contribution in [3.63, 3.8) is 0 Å². The van der Waals surface area contributed by atoms with Gasteiger partial charge in [-0.15, -0.1) is 13.2 Å². The first-order valence-corrected chi connectivity index (χ1v) is 7.21. The predicted molar refractivity (Wildman–Crippen MR) is 76.1 cm³/mol. The zero-order valence-electron chi connectivity index (χ0n) is 12.0. The molecule has 1 aliphatic carbocycles. The van der Waals surface area contributed by atoms with Gasteiger partial charge in [-0.2, -0.15) is 0 Å². The van der Waals surface area contributed by atoms with Crippen molar-refractivity contribution in [3.05, 3.63) is 41.5 Å². The van der Waals surface area contributed by atoms with Crippen molar-refractivity contribution in [3.8, 4) is 5.75 Å². The molecule has 0 aromatic heterocycles. The van der Waals surface area contributed by atoms with Gasteiger partial charge in [-0.05, 0) is 56.8 Å². The lowest BCUT2D eigenvalue weighted by atomic mass is 10.1. The summed E-state index contributed by atoms with van der Waals surface area (Å²) in [5.41, 5.74) is 2.45. The topological polar surface area (TPSA) is 21.3 Å². The number of nitrogens with one attached hydrogen (secondary N) is 1. The van der Waals surface area contributed by atoms with Crippen molar-refractivity contribution >= 4 is 0 Å². The molecule has 0 saturated carbocycles. The highest BCUT2D eigenvalue weighted by Gasteiger charge is 2.30. The van der Waals surface area contributed by atoms with Crippen LogP contribution in [0.4, 0.5) is 13.2 Å². The number of allylic oxidation sites excluding steroid dienone is 1. The first kappa shape index (κ1) is 15.9. The molecule has 1 unspecified atom stereocenters. The highest BCUT2D eigenvalue weighted by atomic mass is 19.4. The maximum Gasteiger partial charge on any atom is 0.573 e. The molecule has 1 aromatic carbocycles. The maximum absolute atomic E-state index is 12.1. The second-order valence-electron chi connectivity index (χ2n) is 5.30. The Morgan fingerprint density at radius 3 is 2.52 bits per heavy atom. The maximum atomic E-state index is 12.1. The minimum atomic E-state index is -4.64. The minimum absolute atomic E-state index is 0.104. The second-order valence-corrected chi connectivity index (χ2v) is 5.30. The molecule has 0 bridgehead atoms. The largest absolute Gasteiger partial charge is 0.573 e. The van der Waals surface area contributed by atoms with Crippen LogP contribution >= 0.6 is 0 Å². The number of ether oxygens (including phenoxy) is 1. The van der Waals surface area contributed by atoms with Gasteiger partial charge in [0, 0.05) is 6.04 Å². The summed E-state index contributed by atoms with van der Waals surface area (Å²) in [6.45, 7) is 2.89. The van der Waals surface area contributed by atoms with Crippen LogP contribution in [0.1, 0.15) is 44.2 Å². The van der Waals surface area contributed by atoms with E-state index in [0.717, 1.165) is 18.5 Å². The molecule has 2 rings (SSSR count). The van der Waals surface area contributed by atoms with E-state index in [4.69, 9.17) is 0 Å².